The highest BCUT2D eigenvalue weighted by atomic mass is 32.2. The predicted molar refractivity (Wildman–Crippen MR) is 59.3 cm³/mol. The number of rotatable bonds is 6. The molecule has 0 fully saturated rings. The third kappa shape index (κ3) is 4.79. The summed E-state index contributed by atoms with van der Waals surface area (Å²) in [4.78, 5) is 10.4. The van der Waals surface area contributed by atoms with E-state index < -0.39 is 16.0 Å². The second-order valence-corrected chi connectivity index (χ2v) is 4.92. The number of hydrogen-bond donors (Lipinski definition) is 1. The van der Waals surface area contributed by atoms with Crippen molar-refractivity contribution in [3.63, 3.8) is 0 Å². The van der Waals surface area contributed by atoms with E-state index in [-0.39, 0.29) is 24.3 Å². The van der Waals surface area contributed by atoms with Crippen molar-refractivity contribution >= 4 is 16.0 Å². The summed E-state index contributed by atoms with van der Waals surface area (Å²) in [6.45, 7) is 0. The summed E-state index contributed by atoms with van der Waals surface area (Å²) in [5.41, 5.74) is 4.90. The van der Waals surface area contributed by atoms with E-state index in [4.69, 9.17) is 9.92 Å². The lowest BCUT2D eigenvalue weighted by molar-refractivity contribution is -0.118. The first-order valence-corrected chi connectivity index (χ1v) is 6.33. The van der Waals surface area contributed by atoms with Crippen molar-refractivity contribution in [2.45, 2.75) is 12.8 Å². The van der Waals surface area contributed by atoms with Crippen LogP contribution in [0.1, 0.15) is 12.8 Å². The largest absolute Gasteiger partial charge is 0.382 e. The third-order valence-corrected chi connectivity index (χ3v) is 3.02. The van der Waals surface area contributed by atoms with E-state index in [2.05, 4.69) is 0 Å². The number of benzene rings is 1. The van der Waals surface area contributed by atoms with Gasteiger partial charge in [0.05, 0.1) is 5.75 Å². The van der Waals surface area contributed by atoms with Gasteiger partial charge in [-0.25, -0.2) is 0 Å². The van der Waals surface area contributed by atoms with Crippen LogP contribution < -0.4 is 9.92 Å². The zero-order valence-corrected chi connectivity index (χ0v) is 9.44. The van der Waals surface area contributed by atoms with E-state index in [0.29, 0.717) is 0 Å². The van der Waals surface area contributed by atoms with Gasteiger partial charge in [-0.15, -0.1) is 0 Å². The van der Waals surface area contributed by atoms with Crippen LogP contribution >= 0.6 is 0 Å². The molecule has 0 atom stereocenters. The van der Waals surface area contributed by atoms with E-state index in [1.165, 1.54) is 0 Å². The first kappa shape index (κ1) is 12.5. The van der Waals surface area contributed by atoms with Crippen LogP contribution in [0.25, 0.3) is 0 Å². The first-order valence-electron chi connectivity index (χ1n) is 4.75. The highest BCUT2D eigenvalue weighted by Gasteiger charge is 2.12. The standard InChI is InChI=1S/C10H13NO4S/c11-10(12)7-4-8-16(13,14)15-9-5-2-1-3-6-9/h1-3,5-6H,4,7-8H2,(H2,11,12). The molecule has 0 aliphatic rings. The molecule has 0 unspecified atom stereocenters. The topological polar surface area (TPSA) is 86.5 Å². The van der Waals surface area contributed by atoms with Gasteiger partial charge in [0.25, 0.3) is 0 Å². The molecule has 0 aromatic heterocycles. The molecule has 2 N–H and O–H groups in total. The van der Waals surface area contributed by atoms with Gasteiger partial charge in [-0.1, -0.05) is 18.2 Å². The Morgan fingerprint density at radius 3 is 2.44 bits per heavy atom. The van der Waals surface area contributed by atoms with Gasteiger partial charge in [0, 0.05) is 6.42 Å². The van der Waals surface area contributed by atoms with Crippen LogP contribution in [0.5, 0.6) is 5.75 Å². The molecule has 0 bridgehead atoms. The van der Waals surface area contributed by atoms with Crippen LogP contribution in [0.3, 0.4) is 0 Å². The van der Waals surface area contributed by atoms with Gasteiger partial charge >= 0.3 is 10.1 Å². The molecule has 0 saturated heterocycles. The molecule has 16 heavy (non-hydrogen) atoms. The summed E-state index contributed by atoms with van der Waals surface area (Å²) in [7, 11) is -3.64. The zero-order chi connectivity index (χ0) is 12.0. The summed E-state index contributed by atoms with van der Waals surface area (Å²) in [5.74, 6) is -0.471. The number of hydrogen-bond acceptors (Lipinski definition) is 4. The van der Waals surface area contributed by atoms with Crippen molar-refractivity contribution in [2.75, 3.05) is 5.75 Å². The Bertz CT molecular complexity index is 441. The van der Waals surface area contributed by atoms with Gasteiger partial charge in [-0.05, 0) is 18.6 Å². The van der Waals surface area contributed by atoms with Crippen LogP contribution in [-0.4, -0.2) is 20.1 Å². The van der Waals surface area contributed by atoms with E-state index in [0.717, 1.165) is 0 Å². The molecule has 0 aliphatic carbocycles. The molecule has 1 aromatic carbocycles. The number of amides is 1. The Balaban J connectivity index is 2.49. The smallest absolute Gasteiger partial charge is 0.309 e. The molecular weight excluding hydrogens is 230 g/mol. The number of carbonyl (C=O) groups is 1. The maximum atomic E-state index is 11.4. The molecular formula is C10H13NO4S. The average molecular weight is 243 g/mol. The summed E-state index contributed by atoms with van der Waals surface area (Å²) < 4.78 is 27.6. The molecule has 1 aromatic rings. The maximum Gasteiger partial charge on any atom is 0.309 e. The molecule has 88 valence electrons. The molecule has 0 aliphatic heterocycles. The summed E-state index contributed by atoms with van der Waals surface area (Å²) in [5, 5.41) is 0. The molecule has 0 radical (unpaired) electrons. The molecule has 0 spiro atoms. The van der Waals surface area contributed by atoms with E-state index in [9.17, 15) is 13.2 Å². The van der Waals surface area contributed by atoms with Crippen molar-refractivity contribution in [1.29, 1.82) is 0 Å². The average Bonchev–Trinajstić information content (AvgIpc) is 2.17. The SMILES string of the molecule is NC(=O)CCCS(=O)(=O)Oc1ccccc1. The van der Waals surface area contributed by atoms with Crippen molar-refractivity contribution in [2.24, 2.45) is 5.73 Å². The number of primary amides is 1. The minimum atomic E-state index is -3.64. The molecule has 0 saturated carbocycles. The molecule has 1 rings (SSSR count). The van der Waals surface area contributed by atoms with Crippen LogP contribution in [0.4, 0.5) is 0 Å². The Labute approximate surface area is 94.3 Å². The van der Waals surface area contributed by atoms with Crippen LogP contribution in [-0.2, 0) is 14.9 Å². The lowest BCUT2D eigenvalue weighted by Crippen LogP contribution is -2.17. The Kier molecular flexibility index (Phi) is 4.30. The highest BCUT2D eigenvalue weighted by molar-refractivity contribution is 7.87. The van der Waals surface area contributed by atoms with Crippen LogP contribution in [0.2, 0.25) is 0 Å². The van der Waals surface area contributed by atoms with Gasteiger partial charge in [0.2, 0.25) is 5.91 Å². The van der Waals surface area contributed by atoms with Gasteiger partial charge < -0.3 is 9.92 Å². The number of carbonyl (C=O) groups excluding carboxylic acids is 1. The fraction of sp³-hybridized carbons (Fsp3) is 0.300. The lowest BCUT2D eigenvalue weighted by Gasteiger charge is -2.05. The fourth-order valence-corrected chi connectivity index (χ4v) is 2.07. The third-order valence-electron chi connectivity index (χ3n) is 1.78. The summed E-state index contributed by atoms with van der Waals surface area (Å²) in [6.07, 6.45) is 0.210. The van der Waals surface area contributed by atoms with Gasteiger partial charge in [0.15, 0.2) is 0 Å². The van der Waals surface area contributed by atoms with Gasteiger partial charge in [0.1, 0.15) is 5.75 Å². The molecule has 6 heteroatoms. The fourth-order valence-electron chi connectivity index (χ4n) is 1.09. The molecule has 0 heterocycles. The van der Waals surface area contributed by atoms with Crippen molar-refractivity contribution < 1.29 is 17.4 Å². The maximum absolute atomic E-state index is 11.4. The number of para-hydroxylation sites is 1. The van der Waals surface area contributed by atoms with E-state index in [1.807, 2.05) is 0 Å². The Morgan fingerprint density at radius 1 is 1.25 bits per heavy atom. The molecule has 1 amide bonds. The van der Waals surface area contributed by atoms with Gasteiger partial charge in [-0.3, -0.25) is 4.79 Å². The summed E-state index contributed by atoms with van der Waals surface area (Å²) >= 11 is 0. The van der Waals surface area contributed by atoms with Crippen molar-refractivity contribution in [3.8, 4) is 5.75 Å². The monoisotopic (exact) mass is 243 g/mol. The van der Waals surface area contributed by atoms with Crippen LogP contribution in [0.15, 0.2) is 30.3 Å². The van der Waals surface area contributed by atoms with E-state index in [1.54, 1.807) is 30.3 Å². The van der Waals surface area contributed by atoms with Crippen LogP contribution in [0, 0.1) is 0 Å². The minimum absolute atomic E-state index is 0.0391. The number of nitrogens with two attached hydrogens (primary N) is 1. The second-order valence-electron chi connectivity index (χ2n) is 3.23. The second kappa shape index (κ2) is 5.50. The lowest BCUT2D eigenvalue weighted by atomic mass is 10.3. The first-order chi connectivity index (χ1) is 7.49. The predicted octanol–water partition coefficient (Wildman–Crippen LogP) is 0.661. The Hall–Kier alpha value is -1.56. The normalized spacial score (nSPS) is 11.0. The zero-order valence-electron chi connectivity index (χ0n) is 8.63. The van der Waals surface area contributed by atoms with Crippen molar-refractivity contribution in [1.82, 2.24) is 0 Å². The van der Waals surface area contributed by atoms with Gasteiger partial charge in [-0.2, -0.15) is 8.42 Å². The molecule has 5 nitrogen and oxygen atoms in total. The van der Waals surface area contributed by atoms with E-state index >= 15 is 0 Å². The quantitative estimate of drug-likeness (QED) is 0.743. The van der Waals surface area contributed by atoms with Crippen molar-refractivity contribution in [3.05, 3.63) is 30.3 Å². The Morgan fingerprint density at radius 2 is 1.88 bits per heavy atom. The minimum Gasteiger partial charge on any atom is -0.382 e. The highest BCUT2D eigenvalue weighted by Crippen LogP contribution is 2.12. The summed E-state index contributed by atoms with van der Waals surface area (Å²) in [6, 6.07) is 8.20.